The van der Waals surface area contributed by atoms with Gasteiger partial charge in [-0.15, -0.1) is 0 Å². The first-order valence-corrected chi connectivity index (χ1v) is 9.40. The highest BCUT2D eigenvalue weighted by Gasteiger charge is 2.23. The summed E-state index contributed by atoms with van der Waals surface area (Å²) < 4.78 is 5.79. The largest absolute Gasteiger partial charge is 0.481 e. The Balaban J connectivity index is 1.99. The monoisotopic (exact) mass is 331 g/mol. The van der Waals surface area contributed by atoms with Crippen molar-refractivity contribution >= 4 is 39.1 Å². The van der Waals surface area contributed by atoms with Crippen LogP contribution in [0.2, 0.25) is 5.02 Å². The zero-order valence-electron chi connectivity index (χ0n) is 11.6. The lowest BCUT2D eigenvalue weighted by Gasteiger charge is -2.24. The molecule has 0 N–H and O–H groups in total. The third-order valence-electron chi connectivity index (χ3n) is 3.07. The van der Waals surface area contributed by atoms with Crippen LogP contribution < -0.4 is 4.74 Å². The topological polar surface area (TPSA) is 29.5 Å². The number of rotatable bonds is 3. The maximum atomic E-state index is 12.4. The van der Waals surface area contributed by atoms with E-state index in [2.05, 4.69) is 0 Å². The molecule has 3 nitrogen and oxygen atoms in total. The highest BCUT2D eigenvalue weighted by molar-refractivity contribution is 8.76. The van der Waals surface area contributed by atoms with Crippen LogP contribution in [0, 0.1) is 6.92 Å². The van der Waals surface area contributed by atoms with Crippen LogP contribution in [0.25, 0.3) is 0 Å². The van der Waals surface area contributed by atoms with Gasteiger partial charge in [-0.25, -0.2) is 0 Å². The maximum absolute atomic E-state index is 12.4. The Bertz CT molecular complexity index is 476. The van der Waals surface area contributed by atoms with Gasteiger partial charge in [-0.05, 0) is 37.6 Å². The van der Waals surface area contributed by atoms with E-state index in [4.69, 9.17) is 16.3 Å². The van der Waals surface area contributed by atoms with Crippen LogP contribution in [-0.4, -0.2) is 41.5 Å². The van der Waals surface area contributed by atoms with E-state index in [0.717, 1.165) is 30.2 Å². The molecule has 1 heterocycles. The number of nitrogens with zero attached hydrogens (tertiary/aromatic N) is 1. The Labute approximate surface area is 132 Å². The molecule has 0 aliphatic carbocycles. The van der Waals surface area contributed by atoms with Crippen LogP contribution >= 0.6 is 33.2 Å². The fourth-order valence-electron chi connectivity index (χ4n) is 1.99. The van der Waals surface area contributed by atoms with Gasteiger partial charge in [0.25, 0.3) is 5.91 Å². The third kappa shape index (κ3) is 4.24. The molecule has 1 aromatic rings. The predicted molar refractivity (Wildman–Crippen MR) is 87.8 cm³/mol. The second-order valence-electron chi connectivity index (χ2n) is 4.64. The summed E-state index contributed by atoms with van der Waals surface area (Å²) in [5, 5.41) is 0.676. The number of hydrogen-bond acceptors (Lipinski definition) is 4. The summed E-state index contributed by atoms with van der Waals surface area (Å²) in [6.07, 6.45) is -0.469. The average Bonchev–Trinajstić information content (AvgIpc) is 2.70. The molecule has 6 heteroatoms. The van der Waals surface area contributed by atoms with Crippen molar-refractivity contribution in [1.29, 1.82) is 0 Å². The Morgan fingerprint density at radius 3 is 2.60 bits per heavy atom. The molecule has 0 spiro atoms. The zero-order chi connectivity index (χ0) is 14.5. The molecule has 20 heavy (non-hydrogen) atoms. The van der Waals surface area contributed by atoms with Gasteiger partial charge in [-0.2, -0.15) is 0 Å². The molecule has 1 saturated heterocycles. The summed E-state index contributed by atoms with van der Waals surface area (Å²) in [7, 11) is 3.65. The third-order valence-corrected chi connectivity index (χ3v) is 5.67. The quantitative estimate of drug-likeness (QED) is 0.791. The van der Waals surface area contributed by atoms with Crippen molar-refractivity contribution in [1.82, 2.24) is 4.90 Å². The number of benzene rings is 1. The minimum absolute atomic E-state index is 0.0578. The number of halogens is 1. The Hall–Kier alpha value is -0.520. The minimum atomic E-state index is -0.469. The summed E-state index contributed by atoms with van der Waals surface area (Å²) in [5.74, 6) is 2.72. The van der Waals surface area contributed by atoms with Crippen molar-refractivity contribution in [2.45, 2.75) is 20.0 Å². The fraction of sp³-hybridized carbons (Fsp3) is 0.500. The summed E-state index contributed by atoms with van der Waals surface area (Å²) in [5.41, 5.74) is 0.944. The molecular weight excluding hydrogens is 314 g/mol. The molecule has 1 aliphatic rings. The molecule has 0 bridgehead atoms. The van der Waals surface area contributed by atoms with Crippen LogP contribution in [0.5, 0.6) is 5.75 Å². The molecular formula is C14H18ClNO2S2. The molecule has 2 rings (SSSR count). The van der Waals surface area contributed by atoms with Crippen molar-refractivity contribution in [2.75, 3.05) is 24.6 Å². The summed E-state index contributed by atoms with van der Waals surface area (Å²) >= 11 is 5.92. The summed E-state index contributed by atoms with van der Waals surface area (Å²) in [6.45, 7) is 5.33. The standard InChI is InChI=1S/C14H18ClNO2S2/c1-10-9-12(15)3-4-13(10)18-11(2)14(17)16-5-7-19-20-8-6-16/h3-4,9,11H,5-8H2,1-2H3/t11-/m1/s1. The number of aryl methyl sites for hydroxylation is 1. The summed E-state index contributed by atoms with van der Waals surface area (Å²) in [6, 6.07) is 5.43. The van der Waals surface area contributed by atoms with Crippen molar-refractivity contribution in [3.05, 3.63) is 28.8 Å². The molecule has 0 radical (unpaired) electrons. The van der Waals surface area contributed by atoms with E-state index in [1.165, 1.54) is 0 Å². The van der Waals surface area contributed by atoms with Gasteiger partial charge in [0.1, 0.15) is 5.75 Å². The molecule has 0 saturated carbocycles. The molecule has 0 aromatic heterocycles. The second-order valence-corrected chi connectivity index (χ2v) is 7.78. The molecule has 1 fully saturated rings. The molecule has 1 amide bonds. The first kappa shape index (κ1) is 15.9. The molecule has 1 atom stereocenters. The van der Waals surface area contributed by atoms with Crippen LogP contribution in [-0.2, 0) is 4.79 Å². The fourth-order valence-corrected chi connectivity index (χ4v) is 4.19. The SMILES string of the molecule is Cc1cc(Cl)ccc1O[C@H](C)C(=O)N1CCSSCC1. The van der Waals surface area contributed by atoms with Gasteiger partial charge in [0.05, 0.1) is 0 Å². The van der Waals surface area contributed by atoms with E-state index in [-0.39, 0.29) is 5.91 Å². The van der Waals surface area contributed by atoms with E-state index < -0.39 is 6.10 Å². The van der Waals surface area contributed by atoms with Gasteiger partial charge in [-0.1, -0.05) is 33.2 Å². The average molecular weight is 332 g/mol. The predicted octanol–water partition coefficient (Wildman–Crippen LogP) is 3.64. The second kappa shape index (κ2) is 7.48. The van der Waals surface area contributed by atoms with Gasteiger partial charge in [0.15, 0.2) is 6.10 Å². The number of hydrogen-bond donors (Lipinski definition) is 0. The van der Waals surface area contributed by atoms with E-state index in [9.17, 15) is 4.79 Å². The molecule has 1 aromatic carbocycles. The van der Waals surface area contributed by atoms with Gasteiger partial charge in [-0.3, -0.25) is 4.79 Å². The Morgan fingerprint density at radius 1 is 1.35 bits per heavy atom. The van der Waals surface area contributed by atoms with Gasteiger partial charge < -0.3 is 9.64 Å². The lowest BCUT2D eigenvalue weighted by molar-refractivity contribution is -0.137. The van der Waals surface area contributed by atoms with E-state index in [1.54, 1.807) is 6.07 Å². The van der Waals surface area contributed by atoms with E-state index in [1.807, 2.05) is 52.5 Å². The zero-order valence-corrected chi connectivity index (χ0v) is 14.0. The number of ether oxygens (including phenoxy) is 1. The highest BCUT2D eigenvalue weighted by Crippen LogP contribution is 2.25. The minimum Gasteiger partial charge on any atom is -0.481 e. The lowest BCUT2D eigenvalue weighted by Crippen LogP contribution is -2.42. The molecule has 0 unspecified atom stereocenters. The number of carbonyl (C=O) groups is 1. The molecule has 110 valence electrons. The van der Waals surface area contributed by atoms with Crippen molar-refractivity contribution < 1.29 is 9.53 Å². The Morgan fingerprint density at radius 2 is 2.00 bits per heavy atom. The van der Waals surface area contributed by atoms with Crippen LogP contribution in [0.4, 0.5) is 0 Å². The van der Waals surface area contributed by atoms with Crippen LogP contribution in [0.3, 0.4) is 0 Å². The van der Waals surface area contributed by atoms with Crippen LogP contribution in [0.15, 0.2) is 18.2 Å². The smallest absolute Gasteiger partial charge is 0.263 e. The number of carbonyl (C=O) groups excluding carboxylic acids is 1. The number of amides is 1. The van der Waals surface area contributed by atoms with Gasteiger partial charge >= 0.3 is 0 Å². The first-order chi connectivity index (χ1) is 9.58. The molecule has 1 aliphatic heterocycles. The highest BCUT2D eigenvalue weighted by atomic mass is 35.5. The normalized spacial score (nSPS) is 17.4. The van der Waals surface area contributed by atoms with Crippen molar-refractivity contribution in [3.63, 3.8) is 0 Å². The lowest BCUT2D eigenvalue weighted by atomic mass is 10.2. The van der Waals surface area contributed by atoms with Gasteiger partial charge in [0.2, 0.25) is 0 Å². The van der Waals surface area contributed by atoms with E-state index >= 15 is 0 Å². The van der Waals surface area contributed by atoms with Crippen LogP contribution in [0.1, 0.15) is 12.5 Å². The van der Waals surface area contributed by atoms with Crippen molar-refractivity contribution in [3.8, 4) is 5.75 Å². The van der Waals surface area contributed by atoms with Gasteiger partial charge in [0, 0.05) is 29.6 Å². The Kier molecular flexibility index (Phi) is 5.93. The maximum Gasteiger partial charge on any atom is 0.263 e. The summed E-state index contributed by atoms with van der Waals surface area (Å²) in [4.78, 5) is 14.3. The van der Waals surface area contributed by atoms with E-state index in [0.29, 0.717) is 10.8 Å². The first-order valence-electron chi connectivity index (χ1n) is 6.54. The van der Waals surface area contributed by atoms with Crippen molar-refractivity contribution in [2.24, 2.45) is 0 Å².